The topological polar surface area (TPSA) is 55.1 Å². The van der Waals surface area contributed by atoms with Crippen LogP contribution in [0.1, 0.15) is 10.6 Å². The lowest BCUT2D eigenvalue weighted by atomic mass is 10.1. The quantitative estimate of drug-likeness (QED) is 0.593. The van der Waals surface area contributed by atoms with E-state index in [2.05, 4.69) is 11.1 Å². The van der Waals surface area contributed by atoms with Crippen LogP contribution in [0.5, 0.6) is 11.5 Å². The van der Waals surface area contributed by atoms with Crippen LogP contribution in [0.2, 0.25) is 5.02 Å². The second-order valence-electron chi connectivity index (χ2n) is 5.33. The van der Waals surface area contributed by atoms with Gasteiger partial charge in [-0.1, -0.05) is 23.7 Å². The zero-order valence-electron chi connectivity index (χ0n) is 12.9. The van der Waals surface area contributed by atoms with Gasteiger partial charge in [0.2, 0.25) is 6.79 Å². The van der Waals surface area contributed by atoms with Gasteiger partial charge in [0.25, 0.3) is 0 Å². The summed E-state index contributed by atoms with van der Waals surface area (Å²) in [4.78, 5) is 4.60. The Kier molecular flexibility index (Phi) is 4.14. The normalized spacial score (nSPS) is 12.9. The van der Waals surface area contributed by atoms with Gasteiger partial charge in [-0.05, 0) is 42.0 Å². The first kappa shape index (κ1) is 15.7. The smallest absolute Gasteiger partial charge is 0.231 e. The van der Waals surface area contributed by atoms with Gasteiger partial charge in [0, 0.05) is 16.0 Å². The van der Waals surface area contributed by atoms with Crippen LogP contribution in [0.15, 0.2) is 47.8 Å². The van der Waals surface area contributed by atoms with Crippen LogP contribution in [0.3, 0.4) is 0 Å². The molecule has 0 radical (unpaired) electrons. The van der Waals surface area contributed by atoms with Gasteiger partial charge >= 0.3 is 0 Å². The zero-order chi connectivity index (χ0) is 17.2. The molecule has 1 aliphatic rings. The van der Waals surface area contributed by atoms with Crippen molar-refractivity contribution in [1.82, 2.24) is 4.98 Å². The third-order valence-corrected chi connectivity index (χ3v) is 4.83. The van der Waals surface area contributed by atoms with Crippen LogP contribution < -0.4 is 9.47 Å². The molecule has 4 rings (SSSR count). The number of hydrogen-bond acceptors (Lipinski definition) is 5. The van der Waals surface area contributed by atoms with Gasteiger partial charge in [0.1, 0.15) is 11.1 Å². The highest BCUT2D eigenvalue weighted by molar-refractivity contribution is 7.11. The third kappa shape index (κ3) is 3.22. The van der Waals surface area contributed by atoms with Gasteiger partial charge in [-0.15, -0.1) is 11.3 Å². The molecule has 0 N–H and O–H groups in total. The number of rotatable bonds is 3. The van der Waals surface area contributed by atoms with E-state index in [1.165, 1.54) is 11.3 Å². The Hall–Kier alpha value is -2.81. The number of hydrogen-bond donors (Lipinski definition) is 0. The van der Waals surface area contributed by atoms with Gasteiger partial charge in [-0.3, -0.25) is 0 Å². The molecule has 0 aliphatic carbocycles. The van der Waals surface area contributed by atoms with Crippen molar-refractivity contribution >= 4 is 34.6 Å². The molecular weight excluding hydrogens is 356 g/mol. The van der Waals surface area contributed by atoms with E-state index in [-0.39, 0.29) is 6.79 Å². The van der Waals surface area contributed by atoms with Gasteiger partial charge < -0.3 is 9.47 Å². The summed E-state index contributed by atoms with van der Waals surface area (Å²) in [7, 11) is 0. The third-order valence-electron chi connectivity index (χ3n) is 3.70. The Morgan fingerprint density at radius 1 is 1.16 bits per heavy atom. The van der Waals surface area contributed by atoms with Crippen molar-refractivity contribution in [3.8, 4) is 28.8 Å². The predicted octanol–water partition coefficient (Wildman–Crippen LogP) is 5.26. The molecule has 0 amide bonds. The Labute approximate surface area is 153 Å². The highest BCUT2D eigenvalue weighted by atomic mass is 35.5. The fourth-order valence-electron chi connectivity index (χ4n) is 2.45. The minimum atomic E-state index is 0.240. The van der Waals surface area contributed by atoms with Gasteiger partial charge in [-0.2, -0.15) is 5.26 Å². The molecule has 1 aromatic heterocycles. The molecule has 2 heterocycles. The Bertz CT molecular complexity index is 1000. The number of ether oxygens (including phenoxy) is 2. The molecule has 2 aromatic carbocycles. The standard InChI is InChI=1S/C19H11ClN2O2S/c20-15-4-1-12(2-5-15)7-14(9-21)19-22-16(10-25-19)13-3-6-17-18(8-13)24-11-23-17/h1-8,10H,11H2/b14-7-. The lowest BCUT2D eigenvalue weighted by molar-refractivity contribution is 0.174. The second-order valence-corrected chi connectivity index (χ2v) is 6.62. The van der Waals surface area contributed by atoms with Gasteiger partial charge in [0.05, 0.1) is 11.3 Å². The number of fused-ring (bicyclic) bond motifs is 1. The van der Waals surface area contributed by atoms with Crippen molar-refractivity contribution in [3.05, 3.63) is 63.4 Å². The van der Waals surface area contributed by atoms with E-state index in [1.54, 1.807) is 18.2 Å². The lowest BCUT2D eigenvalue weighted by Gasteiger charge is -1.99. The monoisotopic (exact) mass is 366 g/mol. The molecule has 0 spiro atoms. The molecule has 3 aromatic rings. The summed E-state index contributed by atoms with van der Waals surface area (Å²) in [5.74, 6) is 1.45. The molecule has 6 heteroatoms. The van der Waals surface area contributed by atoms with E-state index in [0.717, 1.165) is 22.6 Å². The largest absolute Gasteiger partial charge is 0.454 e. The molecule has 4 nitrogen and oxygen atoms in total. The molecule has 0 fully saturated rings. The van der Waals surface area contributed by atoms with Crippen molar-refractivity contribution in [2.24, 2.45) is 0 Å². The predicted molar refractivity (Wildman–Crippen MR) is 98.6 cm³/mol. The summed E-state index contributed by atoms with van der Waals surface area (Å²) >= 11 is 7.33. The molecule has 0 atom stereocenters. The van der Waals surface area contributed by atoms with Crippen LogP contribution in [-0.4, -0.2) is 11.8 Å². The van der Waals surface area contributed by atoms with Crippen LogP contribution in [0.25, 0.3) is 22.9 Å². The number of thiazole rings is 1. The summed E-state index contributed by atoms with van der Waals surface area (Å²) in [6.45, 7) is 0.240. The van der Waals surface area contributed by atoms with Crippen molar-refractivity contribution < 1.29 is 9.47 Å². The molecule has 0 saturated heterocycles. The summed E-state index contributed by atoms with van der Waals surface area (Å²) < 4.78 is 10.7. The number of nitriles is 1. The van der Waals surface area contributed by atoms with Gasteiger partial charge in [-0.25, -0.2) is 4.98 Å². The lowest BCUT2D eigenvalue weighted by Crippen LogP contribution is -1.92. The molecular formula is C19H11ClN2O2S. The molecule has 1 aliphatic heterocycles. The van der Waals surface area contributed by atoms with E-state index in [9.17, 15) is 5.26 Å². The first-order valence-corrected chi connectivity index (χ1v) is 8.72. The first-order chi connectivity index (χ1) is 12.2. The minimum absolute atomic E-state index is 0.240. The average molecular weight is 367 g/mol. The van der Waals surface area contributed by atoms with Crippen LogP contribution >= 0.6 is 22.9 Å². The fraction of sp³-hybridized carbons (Fsp3) is 0.0526. The van der Waals surface area contributed by atoms with E-state index >= 15 is 0 Å². The molecule has 0 unspecified atom stereocenters. The number of aromatic nitrogens is 1. The highest BCUT2D eigenvalue weighted by Gasteiger charge is 2.15. The molecule has 122 valence electrons. The van der Waals surface area contributed by atoms with Crippen LogP contribution in [0, 0.1) is 11.3 Å². The summed E-state index contributed by atoms with van der Waals surface area (Å²) in [6.07, 6.45) is 1.80. The SMILES string of the molecule is N#C/C(=C/c1ccc(Cl)cc1)c1nc(-c2ccc3c(c2)OCO3)cs1. The summed E-state index contributed by atoms with van der Waals surface area (Å²) in [5, 5.41) is 12.8. The fourth-order valence-corrected chi connectivity index (χ4v) is 3.37. The first-order valence-electron chi connectivity index (χ1n) is 7.46. The van der Waals surface area contributed by atoms with E-state index in [1.807, 2.05) is 35.7 Å². The molecule has 0 bridgehead atoms. The Morgan fingerprint density at radius 2 is 1.96 bits per heavy atom. The number of allylic oxidation sites excluding steroid dienone is 1. The van der Waals surface area contributed by atoms with Crippen LogP contribution in [0.4, 0.5) is 0 Å². The minimum Gasteiger partial charge on any atom is -0.454 e. The maximum Gasteiger partial charge on any atom is 0.231 e. The number of halogens is 1. The van der Waals surface area contributed by atoms with Crippen LogP contribution in [-0.2, 0) is 0 Å². The average Bonchev–Trinajstić information content (AvgIpc) is 3.30. The molecule has 25 heavy (non-hydrogen) atoms. The number of benzene rings is 2. The summed E-state index contributed by atoms with van der Waals surface area (Å²) in [5.41, 5.74) is 3.14. The maximum absolute atomic E-state index is 9.49. The highest BCUT2D eigenvalue weighted by Crippen LogP contribution is 2.36. The van der Waals surface area contributed by atoms with E-state index in [0.29, 0.717) is 21.4 Å². The Balaban J connectivity index is 1.65. The zero-order valence-corrected chi connectivity index (χ0v) is 14.5. The number of nitrogens with zero attached hydrogens (tertiary/aromatic N) is 2. The van der Waals surface area contributed by atoms with Crippen molar-refractivity contribution in [2.75, 3.05) is 6.79 Å². The van der Waals surface area contributed by atoms with Gasteiger partial charge in [0.15, 0.2) is 11.5 Å². The van der Waals surface area contributed by atoms with Crippen molar-refractivity contribution in [2.45, 2.75) is 0 Å². The maximum atomic E-state index is 9.49. The second kappa shape index (κ2) is 6.60. The Morgan fingerprint density at radius 3 is 2.76 bits per heavy atom. The summed E-state index contributed by atoms with van der Waals surface area (Å²) in [6, 6.07) is 15.2. The van der Waals surface area contributed by atoms with Crippen molar-refractivity contribution in [3.63, 3.8) is 0 Å². The van der Waals surface area contributed by atoms with Crippen molar-refractivity contribution in [1.29, 1.82) is 5.26 Å². The van der Waals surface area contributed by atoms with E-state index < -0.39 is 0 Å². The van der Waals surface area contributed by atoms with E-state index in [4.69, 9.17) is 21.1 Å². The molecule has 0 saturated carbocycles.